The van der Waals surface area contributed by atoms with Gasteiger partial charge in [-0.25, -0.2) is 4.68 Å². The number of hydrogen-bond donors (Lipinski definition) is 1. The van der Waals surface area contributed by atoms with E-state index in [0.717, 1.165) is 42.3 Å². The van der Waals surface area contributed by atoms with Crippen molar-refractivity contribution in [2.24, 2.45) is 0 Å². The Labute approximate surface area is 138 Å². The summed E-state index contributed by atoms with van der Waals surface area (Å²) in [6, 6.07) is 8.32. The number of nitrogens with one attached hydrogen (secondary N) is 1. The van der Waals surface area contributed by atoms with Crippen molar-refractivity contribution in [3.63, 3.8) is 0 Å². The summed E-state index contributed by atoms with van der Waals surface area (Å²) in [6.07, 6.45) is 3.86. The molecule has 0 radical (unpaired) electrons. The number of thiophene rings is 1. The van der Waals surface area contributed by atoms with E-state index in [2.05, 4.69) is 33.3 Å². The maximum Gasteiger partial charge on any atom is 0.0874 e. The number of halogens is 1. The third kappa shape index (κ3) is 2.37. The van der Waals surface area contributed by atoms with Gasteiger partial charge in [-0.3, -0.25) is 0 Å². The van der Waals surface area contributed by atoms with Crippen molar-refractivity contribution in [3.8, 4) is 16.9 Å². The Balaban J connectivity index is 1.92. The third-order valence-electron chi connectivity index (χ3n) is 4.12. The molecule has 1 aromatic carbocycles. The minimum absolute atomic E-state index is 0.765. The minimum Gasteiger partial charge on any atom is -0.316 e. The van der Waals surface area contributed by atoms with E-state index in [9.17, 15) is 0 Å². The average molecular weight is 330 g/mol. The first-order valence-corrected chi connectivity index (χ1v) is 8.74. The molecule has 3 heterocycles. The molecule has 22 heavy (non-hydrogen) atoms. The fraction of sp³-hybridized carbons (Fsp3) is 0.235. The van der Waals surface area contributed by atoms with Gasteiger partial charge in [0.05, 0.1) is 22.6 Å². The molecule has 0 saturated heterocycles. The largest absolute Gasteiger partial charge is 0.316 e. The summed E-state index contributed by atoms with van der Waals surface area (Å²) in [7, 11) is 0. The summed E-state index contributed by atoms with van der Waals surface area (Å²) < 4.78 is 1.99. The summed E-state index contributed by atoms with van der Waals surface area (Å²) in [5.74, 6) is 0. The number of aromatic nitrogens is 2. The Kier molecular flexibility index (Phi) is 3.74. The Bertz CT molecular complexity index is 792. The van der Waals surface area contributed by atoms with Gasteiger partial charge in [0.25, 0.3) is 0 Å². The molecule has 0 atom stereocenters. The fourth-order valence-electron chi connectivity index (χ4n) is 3.06. The maximum atomic E-state index is 6.56. The number of hydrogen-bond acceptors (Lipinski definition) is 3. The highest BCUT2D eigenvalue weighted by molar-refractivity contribution is 7.08. The maximum absolute atomic E-state index is 6.56. The monoisotopic (exact) mass is 329 g/mol. The van der Waals surface area contributed by atoms with E-state index >= 15 is 0 Å². The Morgan fingerprint density at radius 2 is 2.05 bits per heavy atom. The van der Waals surface area contributed by atoms with Crippen LogP contribution < -0.4 is 5.32 Å². The van der Waals surface area contributed by atoms with Crippen molar-refractivity contribution >= 4 is 22.9 Å². The molecule has 0 fully saturated rings. The molecule has 0 bridgehead atoms. The molecule has 4 rings (SSSR count). The fourth-order valence-corrected chi connectivity index (χ4v) is 3.97. The number of nitrogens with zero attached hydrogens (tertiary/aromatic N) is 2. The smallest absolute Gasteiger partial charge is 0.0874 e. The Morgan fingerprint density at radius 1 is 1.14 bits per heavy atom. The van der Waals surface area contributed by atoms with Crippen molar-refractivity contribution in [3.05, 3.63) is 57.4 Å². The molecule has 3 nitrogen and oxygen atoms in total. The van der Waals surface area contributed by atoms with Gasteiger partial charge < -0.3 is 5.32 Å². The highest BCUT2D eigenvalue weighted by Gasteiger charge is 2.19. The van der Waals surface area contributed by atoms with Crippen LogP contribution in [-0.2, 0) is 12.8 Å². The van der Waals surface area contributed by atoms with Crippen LogP contribution >= 0.6 is 22.9 Å². The number of fused-ring (bicyclic) bond motifs is 1. The molecule has 1 aliphatic heterocycles. The first-order valence-electron chi connectivity index (χ1n) is 7.42. The van der Waals surface area contributed by atoms with Crippen LogP contribution in [0.5, 0.6) is 0 Å². The zero-order chi connectivity index (χ0) is 14.9. The average Bonchev–Trinajstić information content (AvgIpc) is 3.14. The topological polar surface area (TPSA) is 29.9 Å². The summed E-state index contributed by atoms with van der Waals surface area (Å²) in [5.41, 5.74) is 6.00. The van der Waals surface area contributed by atoms with E-state index in [1.54, 1.807) is 11.3 Å². The molecule has 0 unspecified atom stereocenters. The standard InChI is InChI=1S/C17H16ClN3S/c18-15-2-1-12-3-7-19-8-4-14(12)17(15)21-16(5-9-20-21)13-6-10-22-11-13/h1-2,5-6,9-11,19H,3-4,7-8H2. The first kappa shape index (κ1) is 14.0. The van der Waals surface area contributed by atoms with Crippen molar-refractivity contribution in [1.29, 1.82) is 0 Å². The second-order valence-electron chi connectivity index (χ2n) is 5.42. The van der Waals surface area contributed by atoms with Crippen LogP contribution in [0, 0.1) is 0 Å². The second kappa shape index (κ2) is 5.88. The van der Waals surface area contributed by atoms with Gasteiger partial charge in [-0.05, 0) is 60.6 Å². The molecule has 3 aromatic rings. The van der Waals surface area contributed by atoms with E-state index < -0.39 is 0 Å². The lowest BCUT2D eigenvalue weighted by atomic mass is 10.0. The first-order chi connectivity index (χ1) is 10.8. The van der Waals surface area contributed by atoms with Gasteiger partial charge in [-0.15, -0.1) is 0 Å². The van der Waals surface area contributed by atoms with Gasteiger partial charge >= 0.3 is 0 Å². The van der Waals surface area contributed by atoms with Crippen LogP contribution in [0.1, 0.15) is 11.1 Å². The van der Waals surface area contributed by atoms with Gasteiger partial charge in [0, 0.05) is 10.9 Å². The van der Waals surface area contributed by atoms with Gasteiger partial charge in [-0.2, -0.15) is 16.4 Å². The molecule has 0 amide bonds. The highest BCUT2D eigenvalue weighted by Crippen LogP contribution is 2.33. The zero-order valence-electron chi connectivity index (χ0n) is 12.1. The zero-order valence-corrected chi connectivity index (χ0v) is 13.6. The Morgan fingerprint density at radius 3 is 2.91 bits per heavy atom. The summed E-state index contributed by atoms with van der Waals surface area (Å²) in [6.45, 7) is 2.00. The highest BCUT2D eigenvalue weighted by atomic mass is 35.5. The molecule has 1 aliphatic rings. The molecule has 0 aliphatic carbocycles. The molecule has 5 heteroatoms. The SMILES string of the molecule is Clc1ccc2c(c1-n1nccc1-c1ccsc1)CCNCC2. The lowest BCUT2D eigenvalue weighted by Crippen LogP contribution is -2.16. The van der Waals surface area contributed by atoms with E-state index in [-0.39, 0.29) is 0 Å². The predicted octanol–water partition coefficient (Wildman–Crippen LogP) is 3.94. The molecular weight excluding hydrogens is 314 g/mol. The van der Waals surface area contributed by atoms with E-state index in [1.165, 1.54) is 16.7 Å². The lowest BCUT2D eigenvalue weighted by molar-refractivity contribution is 0.709. The molecular formula is C17H16ClN3S. The van der Waals surface area contributed by atoms with E-state index in [4.69, 9.17) is 11.6 Å². The molecule has 112 valence electrons. The quantitative estimate of drug-likeness (QED) is 0.771. The Hall–Kier alpha value is -1.62. The van der Waals surface area contributed by atoms with Crippen molar-refractivity contribution in [2.75, 3.05) is 13.1 Å². The second-order valence-corrected chi connectivity index (χ2v) is 6.61. The third-order valence-corrected chi connectivity index (χ3v) is 5.11. The van der Waals surface area contributed by atoms with Gasteiger partial charge in [-0.1, -0.05) is 17.7 Å². The van der Waals surface area contributed by atoms with Crippen LogP contribution in [0.15, 0.2) is 41.2 Å². The number of rotatable bonds is 2. The van der Waals surface area contributed by atoms with Gasteiger partial charge in [0.15, 0.2) is 0 Å². The summed E-state index contributed by atoms with van der Waals surface area (Å²) in [4.78, 5) is 0. The van der Waals surface area contributed by atoms with Crippen LogP contribution in [0.3, 0.4) is 0 Å². The van der Waals surface area contributed by atoms with Gasteiger partial charge in [0.1, 0.15) is 0 Å². The van der Waals surface area contributed by atoms with Crippen LogP contribution in [0.25, 0.3) is 16.9 Å². The van der Waals surface area contributed by atoms with Crippen LogP contribution in [-0.4, -0.2) is 22.9 Å². The molecule has 1 N–H and O–H groups in total. The van der Waals surface area contributed by atoms with Gasteiger partial charge in [0.2, 0.25) is 0 Å². The summed E-state index contributed by atoms with van der Waals surface area (Å²) >= 11 is 8.25. The minimum atomic E-state index is 0.765. The van der Waals surface area contributed by atoms with E-state index in [0.29, 0.717) is 0 Å². The predicted molar refractivity (Wildman–Crippen MR) is 92.2 cm³/mol. The van der Waals surface area contributed by atoms with Crippen LogP contribution in [0.4, 0.5) is 0 Å². The van der Waals surface area contributed by atoms with Crippen molar-refractivity contribution < 1.29 is 0 Å². The molecule has 0 saturated carbocycles. The molecule has 0 spiro atoms. The molecule has 2 aromatic heterocycles. The van der Waals surface area contributed by atoms with Crippen LogP contribution in [0.2, 0.25) is 5.02 Å². The van der Waals surface area contributed by atoms with E-state index in [1.807, 2.05) is 23.0 Å². The van der Waals surface area contributed by atoms with Crippen molar-refractivity contribution in [2.45, 2.75) is 12.8 Å². The van der Waals surface area contributed by atoms with Crippen molar-refractivity contribution in [1.82, 2.24) is 15.1 Å². The number of benzene rings is 1. The lowest BCUT2D eigenvalue weighted by Gasteiger charge is -2.16. The normalized spacial score (nSPS) is 14.6. The summed E-state index contributed by atoms with van der Waals surface area (Å²) in [5, 5.41) is 13.0.